The van der Waals surface area contributed by atoms with Crippen LogP contribution < -0.4 is 0 Å². The van der Waals surface area contributed by atoms with Crippen molar-refractivity contribution in [3.63, 3.8) is 0 Å². The Morgan fingerprint density at radius 1 is 0.923 bits per heavy atom. The van der Waals surface area contributed by atoms with Gasteiger partial charge in [0.25, 0.3) is 0 Å². The summed E-state index contributed by atoms with van der Waals surface area (Å²) in [7, 11) is 0. The van der Waals surface area contributed by atoms with Crippen molar-refractivity contribution in [1.29, 1.82) is 0 Å². The maximum atomic E-state index is 5.72. The summed E-state index contributed by atoms with van der Waals surface area (Å²) >= 11 is 5.72. The van der Waals surface area contributed by atoms with E-state index in [1.54, 1.807) is 0 Å². The van der Waals surface area contributed by atoms with E-state index in [9.17, 15) is 0 Å². The van der Waals surface area contributed by atoms with Gasteiger partial charge in [-0.1, -0.05) is 0 Å². The number of hydrogen-bond donors (Lipinski definition) is 0. The molecule has 0 spiro atoms. The lowest BCUT2D eigenvalue weighted by Crippen LogP contribution is -2.52. The van der Waals surface area contributed by atoms with Crippen LogP contribution in [0.15, 0.2) is 0 Å². The van der Waals surface area contributed by atoms with Crippen molar-refractivity contribution in [2.24, 2.45) is 0 Å². The molecule has 0 aliphatic rings. The van der Waals surface area contributed by atoms with Gasteiger partial charge in [-0.25, -0.2) is 0 Å². The van der Waals surface area contributed by atoms with E-state index in [4.69, 9.17) is 11.6 Å². The van der Waals surface area contributed by atoms with Gasteiger partial charge in [-0.05, 0) is 48.0 Å². The van der Waals surface area contributed by atoms with Gasteiger partial charge < -0.3 is 0 Å². The Kier molecular flexibility index (Phi) is 4.74. The van der Waals surface area contributed by atoms with E-state index in [0.717, 1.165) is 18.8 Å². The first kappa shape index (κ1) is 13.2. The van der Waals surface area contributed by atoms with E-state index in [1.807, 2.05) is 0 Å². The summed E-state index contributed by atoms with van der Waals surface area (Å²) in [6, 6.07) is 0. The lowest BCUT2D eigenvalue weighted by atomic mass is 9.96. The molecular formula is C11H24ClN. The molecule has 0 aliphatic heterocycles. The van der Waals surface area contributed by atoms with Crippen molar-refractivity contribution in [2.75, 3.05) is 12.4 Å². The van der Waals surface area contributed by atoms with Gasteiger partial charge in [0, 0.05) is 23.5 Å². The minimum atomic E-state index is 0.226. The molecule has 0 amide bonds. The number of hydrogen-bond acceptors (Lipinski definition) is 1. The van der Waals surface area contributed by atoms with Crippen molar-refractivity contribution in [3.05, 3.63) is 0 Å². The number of rotatable bonds is 3. The van der Waals surface area contributed by atoms with E-state index in [-0.39, 0.29) is 11.1 Å². The maximum Gasteiger partial charge on any atom is 0.0235 e. The molecule has 0 aromatic carbocycles. The number of halogens is 1. The second-order valence-electron chi connectivity index (χ2n) is 5.54. The molecule has 1 nitrogen and oxygen atoms in total. The molecule has 0 atom stereocenters. The molecule has 0 aromatic heterocycles. The Bertz CT molecular complexity index is 127. The molecule has 0 aliphatic carbocycles. The zero-order valence-electron chi connectivity index (χ0n) is 9.95. The van der Waals surface area contributed by atoms with Gasteiger partial charge in [0.15, 0.2) is 0 Å². The quantitative estimate of drug-likeness (QED) is 0.638. The molecule has 0 saturated carbocycles. The highest BCUT2D eigenvalue weighted by Gasteiger charge is 2.30. The van der Waals surface area contributed by atoms with Crippen LogP contribution in [0.5, 0.6) is 0 Å². The molecule has 0 rings (SSSR count). The number of alkyl halides is 1. The molecule has 80 valence electrons. The highest BCUT2D eigenvalue weighted by atomic mass is 35.5. The third kappa shape index (κ3) is 4.87. The molecule has 0 N–H and O–H groups in total. The van der Waals surface area contributed by atoms with Crippen LogP contribution in [0.4, 0.5) is 0 Å². The molecule has 0 unspecified atom stereocenters. The van der Waals surface area contributed by atoms with Crippen LogP contribution in [-0.2, 0) is 0 Å². The fraction of sp³-hybridized carbons (Fsp3) is 1.00. The highest BCUT2D eigenvalue weighted by molar-refractivity contribution is 6.17. The highest BCUT2D eigenvalue weighted by Crippen LogP contribution is 2.24. The van der Waals surface area contributed by atoms with Crippen LogP contribution in [-0.4, -0.2) is 28.4 Å². The van der Waals surface area contributed by atoms with Gasteiger partial charge >= 0.3 is 0 Å². The Labute approximate surface area is 88.5 Å². The van der Waals surface area contributed by atoms with Crippen LogP contribution in [0.1, 0.15) is 48.0 Å². The normalized spacial score (nSPS) is 13.8. The zero-order chi connectivity index (χ0) is 10.7. The van der Waals surface area contributed by atoms with Gasteiger partial charge in [0.2, 0.25) is 0 Å². The summed E-state index contributed by atoms with van der Waals surface area (Å²) in [5.41, 5.74) is 0.453. The summed E-state index contributed by atoms with van der Waals surface area (Å²) in [6.45, 7) is 14.6. The lowest BCUT2D eigenvalue weighted by Gasteiger charge is -2.45. The summed E-state index contributed by atoms with van der Waals surface area (Å²) in [4.78, 5) is 2.50. The minimum absolute atomic E-state index is 0.226. The molecule has 0 aromatic rings. The molecule has 0 bridgehead atoms. The van der Waals surface area contributed by atoms with Gasteiger partial charge in [-0.2, -0.15) is 0 Å². The predicted molar refractivity (Wildman–Crippen MR) is 61.5 cm³/mol. The zero-order valence-corrected chi connectivity index (χ0v) is 10.7. The Balaban J connectivity index is 4.39. The predicted octanol–water partition coefficient (Wildman–Crippen LogP) is 3.51. The van der Waals surface area contributed by atoms with Crippen LogP contribution in [0.3, 0.4) is 0 Å². The van der Waals surface area contributed by atoms with Gasteiger partial charge in [-0.15, -0.1) is 11.6 Å². The summed E-state index contributed by atoms with van der Waals surface area (Å²) in [6.07, 6.45) is 1.07. The fourth-order valence-electron chi connectivity index (χ4n) is 1.89. The summed E-state index contributed by atoms with van der Waals surface area (Å²) in [5, 5.41) is 0. The summed E-state index contributed by atoms with van der Waals surface area (Å²) in [5.74, 6) is 0.753. The topological polar surface area (TPSA) is 3.24 Å². The van der Waals surface area contributed by atoms with Gasteiger partial charge in [0.05, 0.1) is 0 Å². The van der Waals surface area contributed by atoms with Crippen LogP contribution in [0.25, 0.3) is 0 Å². The smallest absolute Gasteiger partial charge is 0.0235 e. The Morgan fingerprint density at radius 2 is 1.31 bits per heavy atom. The third-order valence-electron chi connectivity index (χ3n) is 2.13. The summed E-state index contributed by atoms with van der Waals surface area (Å²) < 4.78 is 0. The lowest BCUT2D eigenvalue weighted by molar-refractivity contribution is 0.0389. The Hall–Kier alpha value is 0.250. The van der Waals surface area contributed by atoms with Crippen molar-refractivity contribution in [2.45, 2.75) is 59.0 Å². The first-order valence-corrected chi connectivity index (χ1v) is 5.57. The second-order valence-corrected chi connectivity index (χ2v) is 5.91. The van der Waals surface area contributed by atoms with E-state index >= 15 is 0 Å². The Morgan fingerprint density at radius 3 is 1.54 bits per heavy atom. The van der Waals surface area contributed by atoms with Gasteiger partial charge in [0.1, 0.15) is 0 Å². The molecule has 0 fully saturated rings. The van der Waals surface area contributed by atoms with E-state index in [2.05, 4.69) is 46.4 Å². The van der Waals surface area contributed by atoms with E-state index < -0.39 is 0 Å². The van der Waals surface area contributed by atoms with Crippen LogP contribution >= 0.6 is 11.6 Å². The van der Waals surface area contributed by atoms with Gasteiger partial charge in [-0.3, -0.25) is 4.90 Å². The average molecular weight is 206 g/mol. The first-order valence-electron chi connectivity index (χ1n) is 5.03. The fourth-order valence-corrected chi connectivity index (χ4v) is 2.01. The van der Waals surface area contributed by atoms with Crippen molar-refractivity contribution in [1.82, 2.24) is 4.90 Å². The monoisotopic (exact) mass is 205 g/mol. The van der Waals surface area contributed by atoms with E-state index in [0.29, 0.717) is 0 Å². The van der Waals surface area contributed by atoms with E-state index in [1.165, 1.54) is 0 Å². The standard InChI is InChI=1S/C11H24ClN/c1-10(2,3)13(9-7-8-12)11(4,5)6/h7-9H2,1-6H3. The number of nitrogens with zero attached hydrogens (tertiary/aromatic N) is 1. The van der Waals surface area contributed by atoms with Crippen LogP contribution in [0.2, 0.25) is 0 Å². The van der Waals surface area contributed by atoms with Crippen LogP contribution in [0, 0.1) is 0 Å². The molecular weight excluding hydrogens is 182 g/mol. The van der Waals surface area contributed by atoms with Crippen molar-refractivity contribution < 1.29 is 0 Å². The molecule has 0 saturated heterocycles. The van der Waals surface area contributed by atoms with Crippen molar-refractivity contribution in [3.8, 4) is 0 Å². The molecule has 0 heterocycles. The van der Waals surface area contributed by atoms with Crippen molar-refractivity contribution >= 4 is 11.6 Å². The minimum Gasteiger partial charge on any atom is -0.294 e. The largest absolute Gasteiger partial charge is 0.294 e. The molecule has 0 radical (unpaired) electrons. The first-order chi connectivity index (χ1) is 5.69. The molecule has 13 heavy (non-hydrogen) atoms. The SMILES string of the molecule is CC(C)(C)N(CCCCl)C(C)(C)C. The second kappa shape index (κ2) is 4.65. The molecule has 2 heteroatoms. The maximum absolute atomic E-state index is 5.72. The average Bonchev–Trinajstić information content (AvgIpc) is 1.81. The third-order valence-corrected chi connectivity index (χ3v) is 2.40.